The number of fused-ring (bicyclic) bond motifs is 1. The molecule has 0 aliphatic carbocycles. The minimum atomic E-state index is 0.479. The Hall–Kier alpha value is -2.44. The summed E-state index contributed by atoms with van der Waals surface area (Å²) in [5.74, 6) is 0.479. The van der Waals surface area contributed by atoms with Crippen LogP contribution in [0, 0.1) is 6.92 Å². The summed E-state index contributed by atoms with van der Waals surface area (Å²) in [4.78, 5) is 8.68. The SMILES string of the molecule is Cc1ccnc2c1nc(N)n2CCn1ccnn1. The third-order valence-electron chi connectivity index (χ3n) is 2.89. The second kappa shape index (κ2) is 4.10. The lowest BCUT2D eigenvalue weighted by Gasteiger charge is -2.05. The van der Waals surface area contributed by atoms with Gasteiger partial charge in [-0.05, 0) is 18.6 Å². The minimum Gasteiger partial charge on any atom is -0.369 e. The number of rotatable bonds is 3. The first-order valence-electron chi connectivity index (χ1n) is 5.67. The molecule has 0 atom stereocenters. The van der Waals surface area contributed by atoms with Crippen LogP contribution in [0.25, 0.3) is 11.2 Å². The van der Waals surface area contributed by atoms with Crippen LogP contribution >= 0.6 is 0 Å². The van der Waals surface area contributed by atoms with Crippen LogP contribution in [0.3, 0.4) is 0 Å². The lowest BCUT2D eigenvalue weighted by atomic mass is 10.3. The van der Waals surface area contributed by atoms with Gasteiger partial charge in [-0.1, -0.05) is 5.21 Å². The molecular formula is C11H13N7. The lowest BCUT2D eigenvalue weighted by Crippen LogP contribution is -2.10. The van der Waals surface area contributed by atoms with Gasteiger partial charge in [0, 0.05) is 18.9 Å². The zero-order valence-corrected chi connectivity index (χ0v) is 9.98. The maximum absolute atomic E-state index is 5.93. The predicted molar refractivity (Wildman–Crippen MR) is 66.7 cm³/mol. The van der Waals surface area contributed by atoms with Crippen molar-refractivity contribution in [2.24, 2.45) is 0 Å². The van der Waals surface area contributed by atoms with Crippen LogP contribution in [0.1, 0.15) is 5.56 Å². The summed E-state index contributed by atoms with van der Waals surface area (Å²) in [5.41, 5.74) is 8.67. The Balaban J connectivity index is 1.96. The molecule has 7 nitrogen and oxygen atoms in total. The molecule has 0 fully saturated rings. The molecule has 0 saturated carbocycles. The molecule has 92 valence electrons. The average Bonchev–Trinajstić information content (AvgIpc) is 2.95. The van der Waals surface area contributed by atoms with Crippen LogP contribution in [0.5, 0.6) is 0 Å². The Morgan fingerprint density at radius 1 is 1.28 bits per heavy atom. The fraction of sp³-hybridized carbons (Fsp3) is 0.273. The van der Waals surface area contributed by atoms with E-state index in [9.17, 15) is 0 Å². The molecule has 0 aliphatic heterocycles. The second-order valence-corrected chi connectivity index (χ2v) is 4.09. The molecule has 3 heterocycles. The largest absolute Gasteiger partial charge is 0.369 e. The van der Waals surface area contributed by atoms with Crippen LogP contribution in [0.4, 0.5) is 5.95 Å². The summed E-state index contributed by atoms with van der Waals surface area (Å²) < 4.78 is 3.64. The van der Waals surface area contributed by atoms with E-state index < -0.39 is 0 Å². The van der Waals surface area contributed by atoms with Crippen molar-refractivity contribution in [3.63, 3.8) is 0 Å². The van der Waals surface area contributed by atoms with E-state index in [4.69, 9.17) is 5.73 Å². The molecule has 0 unspecified atom stereocenters. The number of imidazole rings is 1. The number of nitrogen functional groups attached to an aromatic ring is 1. The van der Waals surface area contributed by atoms with Crippen molar-refractivity contribution < 1.29 is 0 Å². The maximum Gasteiger partial charge on any atom is 0.202 e. The standard InChI is InChI=1S/C11H13N7/c1-8-2-3-13-10-9(8)15-11(12)18(10)7-6-17-5-4-14-16-17/h2-5H,6-7H2,1H3,(H2,12,15). The smallest absolute Gasteiger partial charge is 0.202 e. The third kappa shape index (κ3) is 1.69. The molecule has 0 aromatic carbocycles. The van der Waals surface area contributed by atoms with Gasteiger partial charge in [-0.3, -0.25) is 9.25 Å². The monoisotopic (exact) mass is 243 g/mol. The van der Waals surface area contributed by atoms with E-state index >= 15 is 0 Å². The van der Waals surface area contributed by atoms with Gasteiger partial charge in [0.1, 0.15) is 5.52 Å². The van der Waals surface area contributed by atoms with Crippen LogP contribution in [0.2, 0.25) is 0 Å². The van der Waals surface area contributed by atoms with Crippen molar-refractivity contribution >= 4 is 17.1 Å². The number of aryl methyl sites for hydroxylation is 3. The van der Waals surface area contributed by atoms with Gasteiger partial charge in [0.2, 0.25) is 5.95 Å². The average molecular weight is 243 g/mol. The van der Waals surface area contributed by atoms with E-state index in [0.717, 1.165) is 16.7 Å². The van der Waals surface area contributed by atoms with Gasteiger partial charge in [-0.2, -0.15) is 0 Å². The highest BCUT2D eigenvalue weighted by Crippen LogP contribution is 2.18. The van der Waals surface area contributed by atoms with E-state index in [0.29, 0.717) is 19.0 Å². The first-order valence-corrected chi connectivity index (χ1v) is 5.67. The molecule has 0 bridgehead atoms. The number of nitrogens with two attached hydrogens (primary N) is 1. The van der Waals surface area contributed by atoms with Gasteiger partial charge in [-0.15, -0.1) is 5.10 Å². The van der Waals surface area contributed by atoms with Crippen LogP contribution in [-0.2, 0) is 13.1 Å². The normalized spacial score (nSPS) is 11.2. The van der Waals surface area contributed by atoms with Crippen LogP contribution in [-0.4, -0.2) is 29.5 Å². The van der Waals surface area contributed by atoms with Crippen molar-refractivity contribution in [1.29, 1.82) is 0 Å². The predicted octanol–water partition coefficient (Wildman–Crippen LogP) is 0.614. The summed E-state index contributed by atoms with van der Waals surface area (Å²) in [6.07, 6.45) is 5.23. The summed E-state index contributed by atoms with van der Waals surface area (Å²) >= 11 is 0. The van der Waals surface area contributed by atoms with Crippen molar-refractivity contribution in [1.82, 2.24) is 29.5 Å². The van der Waals surface area contributed by atoms with E-state index in [1.165, 1.54) is 0 Å². The van der Waals surface area contributed by atoms with Crippen molar-refractivity contribution in [3.8, 4) is 0 Å². The van der Waals surface area contributed by atoms with Gasteiger partial charge < -0.3 is 5.73 Å². The molecule has 0 radical (unpaired) electrons. The topological polar surface area (TPSA) is 87.4 Å². The molecule has 0 aliphatic rings. The summed E-state index contributed by atoms with van der Waals surface area (Å²) in [5, 5.41) is 7.68. The molecule has 2 N–H and O–H groups in total. The van der Waals surface area contributed by atoms with Gasteiger partial charge in [0.05, 0.1) is 12.7 Å². The van der Waals surface area contributed by atoms with Crippen LogP contribution in [0.15, 0.2) is 24.7 Å². The van der Waals surface area contributed by atoms with Gasteiger partial charge in [0.25, 0.3) is 0 Å². The van der Waals surface area contributed by atoms with Gasteiger partial charge in [-0.25, -0.2) is 9.97 Å². The lowest BCUT2D eigenvalue weighted by molar-refractivity contribution is 0.527. The first-order chi connectivity index (χ1) is 8.75. The summed E-state index contributed by atoms with van der Waals surface area (Å²) in [6.45, 7) is 3.35. The zero-order valence-electron chi connectivity index (χ0n) is 9.98. The summed E-state index contributed by atoms with van der Waals surface area (Å²) in [6, 6.07) is 1.93. The highest BCUT2D eigenvalue weighted by molar-refractivity contribution is 5.77. The molecular weight excluding hydrogens is 230 g/mol. The molecule has 0 amide bonds. The second-order valence-electron chi connectivity index (χ2n) is 4.09. The Morgan fingerprint density at radius 2 is 2.17 bits per heavy atom. The fourth-order valence-corrected chi connectivity index (χ4v) is 1.93. The number of aromatic nitrogens is 6. The highest BCUT2D eigenvalue weighted by atomic mass is 15.4. The number of anilines is 1. The van der Waals surface area contributed by atoms with E-state index in [2.05, 4.69) is 20.3 Å². The fourth-order valence-electron chi connectivity index (χ4n) is 1.93. The van der Waals surface area contributed by atoms with E-state index in [-0.39, 0.29) is 0 Å². The number of hydrogen-bond acceptors (Lipinski definition) is 5. The van der Waals surface area contributed by atoms with Crippen molar-refractivity contribution in [2.45, 2.75) is 20.0 Å². The number of nitrogens with zero attached hydrogens (tertiary/aromatic N) is 6. The molecule has 0 spiro atoms. The Labute approximate surface area is 103 Å². The number of hydrogen-bond donors (Lipinski definition) is 1. The highest BCUT2D eigenvalue weighted by Gasteiger charge is 2.10. The van der Waals surface area contributed by atoms with Gasteiger partial charge in [0.15, 0.2) is 5.65 Å². The summed E-state index contributed by atoms with van der Waals surface area (Å²) in [7, 11) is 0. The van der Waals surface area contributed by atoms with Crippen molar-refractivity contribution in [3.05, 3.63) is 30.2 Å². The van der Waals surface area contributed by atoms with E-state index in [1.54, 1.807) is 17.1 Å². The third-order valence-corrected chi connectivity index (χ3v) is 2.89. The quantitative estimate of drug-likeness (QED) is 0.728. The maximum atomic E-state index is 5.93. The first kappa shape index (κ1) is 10.7. The number of pyridine rings is 1. The molecule has 3 aromatic rings. The minimum absolute atomic E-state index is 0.479. The molecule has 7 heteroatoms. The van der Waals surface area contributed by atoms with E-state index in [1.807, 2.05) is 23.8 Å². The Bertz CT molecular complexity index is 668. The van der Waals surface area contributed by atoms with Crippen LogP contribution < -0.4 is 5.73 Å². The van der Waals surface area contributed by atoms with Gasteiger partial charge >= 0.3 is 0 Å². The molecule has 0 saturated heterocycles. The molecule has 18 heavy (non-hydrogen) atoms. The molecule has 3 rings (SSSR count). The molecule has 3 aromatic heterocycles. The Morgan fingerprint density at radius 3 is 2.94 bits per heavy atom. The van der Waals surface area contributed by atoms with Crippen molar-refractivity contribution in [2.75, 3.05) is 5.73 Å². The zero-order chi connectivity index (χ0) is 12.5. The Kier molecular flexibility index (Phi) is 2.44.